The molecule has 0 aliphatic carbocycles. The molecule has 1 aromatic carbocycles. The predicted octanol–water partition coefficient (Wildman–Crippen LogP) is 0.966. The summed E-state index contributed by atoms with van der Waals surface area (Å²) in [7, 11) is 3.12. The van der Waals surface area contributed by atoms with Crippen LogP contribution in [0.1, 0.15) is 24.5 Å². The summed E-state index contributed by atoms with van der Waals surface area (Å²) in [6.45, 7) is 4.76. The zero-order valence-corrected chi connectivity index (χ0v) is 15.0. The molecule has 1 aliphatic heterocycles. The maximum Gasteiger partial charge on any atom is 0.220 e. The third kappa shape index (κ3) is 6.19. The lowest BCUT2D eigenvalue weighted by Gasteiger charge is -2.26. The highest BCUT2D eigenvalue weighted by Crippen LogP contribution is 2.31. The lowest BCUT2D eigenvalue weighted by atomic mass is 10.0. The molecule has 1 atom stereocenters. The largest absolute Gasteiger partial charge is 0.497 e. The van der Waals surface area contributed by atoms with Gasteiger partial charge in [-0.2, -0.15) is 0 Å². The Hall–Kier alpha value is -1.83. The highest BCUT2D eigenvalue weighted by molar-refractivity contribution is 5.75. The number of benzene rings is 1. The molecule has 2 N–H and O–H groups in total. The minimum Gasteiger partial charge on any atom is -0.497 e. The van der Waals surface area contributed by atoms with Gasteiger partial charge < -0.3 is 24.6 Å². The molecule has 1 heterocycles. The molecular weight excluding hydrogens is 324 g/mol. The van der Waals surface area contributed by atoms with Gasteiger partial charge in [0.1, 0.15) is 11.5 Å². The van der Waals surface area contributed by atoms with Crippen molar-refractivity contribution < 1.29 is 24.1 Å². The van der Waals surface area contributed by atoms with Crippen LogP contribution in [0.15, 0.2) is 18.2 Å². The summed E-state index contributed by atoms with van der Waals surface area (Å²) in [6, 6.07) is 5.25. The molecule has 0 spiro atoms. The van der Waals surface area contributed by atoms with E-state index in [1.54, 1.807) is 32.4 Å². The van der Waals surface area contributed by atoms with Gasteiger partial charge in [0.15, 0.2) is 0 Å². The summed E-state index contributed by atoms with van der Waals surface area (Å²) >= 11 is 0. The number of hydrogen-bond donors (Lipinski definition) is 2. The third-order valence-electron chi connectivity index (χ3n) is 4.30. The minimum atomic E-state index is -0.758. The fourth-order valence-corrected chi connectivity index (χ4v) is 2.78. The van der Waals surface area contributed by atoms with Gasteiger partial charge in [-0.1, -0.05) is 0 Å². The number of methoxy groups -OCH3 is 2. The second kappa shape index (κ2) is 10.2. The lowest BCUT2D eigenvalue weighted by molar-refractivity contribution is -0.121. The summed E-state index contributed by atoms with van der Waals surface area (Å²) < 4.78 is 15.7. The maximum absolute atomic E-state index is 12.0. The Bertz CT molecular complexity index is 546. The van der Waals surface area contributed by atoms with Crippen LogP contribution in [0.25, 0.3) is 0 Å². The number of carbonyl (C=O) groups is 1. The molecule has 1 saturated heterocycles. The number of hydrogen-bond acceptors (Lipinski definition) is 6. The molecule has 7 nitrogen and oxygen atoms in total. The number of rotatable bonds is 9. The van der Waals surface area contributed by atoms with Crippen molar-refractivity contribution in [1.82, 2.24) is 10.2 Å². The van der Waals surface area contributed by atoms with E-state index >= 15 is 0 Å². The van der Waals surface area contributed by atoms with Gasteiger partial charge in [-0.05, 0) is 18.6 Å². The van der Waals surface area contributed by atoms with Crippen LogP contribution >= 0.6 is 0 Å². The molecule has 25 heavy (non-hydrogen) atoms. The first kappa shape index (κ1) is 19.5. The molecule has 1 amide bonds. The fraction of sp³-hybridized carbons (Fsp3) is 0.611. The van der Waals surface area contributed by atoms with Gasteiger partial charge in [-0.15, -0.1) is 0 Å². The number of ether oxygens (including phenoxy) is 3. The summed E-state index contributed by atoms with van der Waals surface area (Å²) in [6.07, 6.45) is -0.156. The quantitative estimate of drug-likeness (QED) is 0.689. The fourth-order valence-electron chi connectivity index (χ4n) is 2.78. The summed E-state index contributed by atoms with van der Waals surface area (Å²) in [4.78, 5) is 14.2. The third-order valence-corrected chi connectivity index (χ3v) is 4.30. The van der Waals surface area contributed by atoms with Crippen molar-refractivity contribution in [2.45, 2.75) is 18.9 Å². The first-order valence-corrected chi connectivity index (χ1v) is 8.61. The van der Waals surface area contributed by atoms with Crippen LogP contribution in [0.5, 0.6) is 11.5 Å². The van der Waals surface area contributed by atoms with Gasteiger partial charge in [0, 0.05) is 44.2 Å². The normalized spacial score (nSPS) is 16.3. The Morgan fingerprint density at radius 2 is 2.08 bits per heavy atom. The Kier molecular flexibility index (Phi) is 7.97. The van der Waals surface area contributed by atoms with Crippen LogP contribution in [0.4, 0.5) is 0 Å². The molecule has 0 aromatic heterocycles. The number of aliphatic hydroxyl groups excluding tert-OH is 1. The van der Waals surface area contributed by atoms with Crippen molar-refractivity contribution in [2.24, 2.45) is 0 Å². The summed E-state index contributed by atoms with van der Waals surface area (Å²) in [5.74, 6) is 1.16. The topological polar surface area (TPSA) is 80.3 Å². The van der Waals surface area contributed by atoms with Crippen molar-refractivity contribution in [3.8, 4) is 11.5 Å². The van der Waals surface area contributed by atoms with Gasteiger partial charge in [0.2, 0.25) is 5.91 Å². The van der Waals surface area contributed by atoms with Gasteiger partial charge in [-0.3, -0.25) is 9.69 Å². The smallest absolute Gasteiger partial charge is 0.220 e. The number of morpholine rings is 1. The number of nitrogens with one attached hydrogen (secondary N) is 1. The molecule has 0 saturated carbocycles. The second-order valence-corrected chi connectivity index (χ2v) is 5.97. The molecule has 2 rings (SSSR count). The Morgan fingerprint density at radius 1 is 1.32 bits per heavy atom. The molecule has 1 aliphatic rings. The number of aliphatic hydroxyl groups is 1. The predicted molar refractivity (Wildman–Crippen MR) is 94.0 cm³/mol. The van der Waals surface area contributed by atoms with Gasteiger partial charge in [0.05, 0.1) is 33.5 Å². The Morgan fingerprint density at radius 3 is 2.76 bits per heavy atom. The molecule has 1 aromatic rings. The van der Waals surface area contributed by atoms with E-state index in [9.17, 15) is 9.90 Å². The zero-order valence-electron chi connectivity index (χ0n) is 15.0. The summed E-state index contributed by atoms with van der Waals surface area (Å²) in [5, 5.41) is 13.3. The van der Waals surface area contributed by atoms with Gasteiger partial charge in [0.25, 0.3) is 0 Å². The lowest BCUT2D eigenvalue weighted by Crippen LogP contribution is -2.41. The van der Waals surface area contributed by atoms with E-state index in [1.165, 1.54) is 0 Å². The zero-order chi connectivity index (χ0) is 18.1. The molecular formula is C18H28N2O5. The number of amides is 1. The van der Waals surface area contributed by atoms with E-state index < -0.39 is 6.10 Å². The van der Waals surface area contributed by atoms with Crippen LogP contribution in [-0.4, -0.2) is 69.5 Å². The molecule has 1 unspecified atom stereocenters. The van der Waals surface area contributed by atoms with E-state index in [4.69, 9.17) is 14.2 Å². The maximum atomic E-state index is 12.0. The second-order valence-electron chi connectivity index (χ2n) is 5.97. The van der Waals surface area contributed by atoms with Crippen LogP contribution in [-0.2, 0) is 9.53 Å². The highest BCUT2D eigenvalue weighted by Gasteiger charge is 2.16. The highest BCUT2D eigenvalue weighted by atomic mass is 16.5. The first-order valence-electron chi connectivity index (χ1n) is 8.61. The van der Waals surface area contributed by atoms with Crippen LogP contribution in [0, 0.1) is 0 Å². The van der Waals surface area contributed by atoms with Crippen LogP contribution in [0.2, 0.25) is 0 Å². The Balaban J connectivity index is 1.73. The van der Waals surface area contributed by atoms with Gasteiger partial charge >= 0.3 is 0 Å². The standard InChI is InChI=1S/C18H28N2O5/c1-23-14-3-4-15(17(13-14)24-2)16(21)5-6-18(22)19-7-8-20-9-11-25-12-10-20/h3-4,13,16,21H,5-12H2,1-2H3,(H,19,22). The van der Waals surface area contributed by atoms with Crippen LogP contribution in [0.3, 0.4) is 0 Å². The average molecular weight is 352 g/mol. The Labute approximate surface area is 148 Å². The van der Waals surface area contributed by atoms with Crippen molar-refractivity contribution in [3.05, 3.63) is 23.8 Å². The summed E-state index contributed by atoms with van der Waals surface area (Å²) in [5.41, 5.74) is 0.657. The number of carbonyl (C=O) groups excluding carboxylic acids is 1. The molecule has 140 valence electrons. The van der Waals surface area contributed by atoms with Gasteiger partial charge in [-0.25, -0.2) is 0 Å². The molecule has 1 fully saturated rings. The van der Waals surface area contributed by atoms with Crippen molar-refractivity contribution in [2.75, 3.05) is 53.6 Å². The van der Waals surface area contributed by atoms with E-state index in [2.05, 4.69) is 10.2 Å². The van der Waals surface area contributed by atoms with E-state index in [-0.39, 0.29) is 12.3 Å². The number of nitrogens with zero attached hydrogens (tertiary/aromatic N) is 1. The SMILES string of the molecule is COc1ccc(C(O)CCC(=O)NCCN2CCOCC2)c(OC)c1. The minimum absolute atomic E-state index is 0.0558. The first-order chi connectivity index (χ1) is 12.1. The van der Waals surface area contributed by atoms with E-state index in [1.807, 2.05) is 0 Å². The van der Waals surface area contributed by atoms with Crippen molar-refractivity contribution in [3.63, 3.8) is 0 Å². The van der Waals surface area contributed by atoms with Crippen molar-refractivity contribution >= 4 is 5.91 Å². The van der Waals surface area contributed by atoms with E-state index in [0.717, 1.165) is 32.8 Å². The molecule has 7 heteroatoms. The van der Waals surface area contributed by atoms with Crippen molar-refractivity contribution in [1.29, 1.82) is 0 Å². The monoisotopic (exact) mass is 352 g/mol. The van der Waals surface area contributed by atoms with Crippen LogP contribution < -0.4 is 14.8 Å². The molecule has 0 radical (unpaired) electrons. The van der Waals surface area contributed by atoms with E-state index in [0.29, 0.717) is 30.0 Å². The average Bonchev–Trinajstić information content (AvgIpc) is 2.66. The molecule has 0 bridgehead atoms.